The molecule has 0 aromatic heterocycles. The predicted molar refractivity (Wildman–Crippen MR) is 47.7 cm³/mol. The molecule has 0 atom stereocenters. The summed E-state index contributed by atoms with van der Waals surface area (Å²) in [5.41, 5.74) is 1.04. The molecule has 1 N–H and O–H groups in total. The van der Waals surface area contributed by atoms with Crippen molar-refractivity contribution < 1.29 is 14.4 Å². The molecule has 1 aromatic rings. The fraction of sp³-hybridized carbons (Fsp3) is 0.250. The van der Waals surface area contributed by atoms with Gasteiger partial charge in [0.2, 0.25) is 0 Å². The van der Waals surface area contributed by atoms with Gasteiger partial charge in [-0.15, -0.1) is 0 Å². The van der Waals surface area contributed by atoms with Gasteiger partial charge in [-0.2, -0.15) is 0 Å². The Hall–Kier alpha value is -1.16. The summed E-state index contributed by atoms with van der Waals surface area (Å²) in [6.07, 6.45) is 0. The zero-order chi connectivity index (χ0) is 8.97. The monoisotopic (exact) mass is 166 g/mol. The summed E-state index contributed by atoms with van der Waals surface area (Å²) in [5.74, 6) is 1.38. The first-order valence-corrected chi connectivity index (χ1v) is 3.66. The van der Waals surface area contributed by atoms with Crippen LogP contribution in [0.5, 0.6) is 11.5 Å². The van der Waals surface area contributed by atoms with Gasteiger partial charge in [-0.05, 0) is 18.6 Å². The molecule has 0 saturated carbocycles. The van der Waals surface area contributed by atoms with Gasteiger partial charge in [0.25, 0.3) is 0 Å². The van der Waals surface area contributed by atoms with E-state index in [4.69, 9.17) is 14.4 Å². The van der Waals surface area contributed by atoms with Crippen LogP contribution in [0.15, 0.2) is 18.2 Å². The molecule has 3 nitrogen and oxygen atoms in total. The van der Waals surface area contributed by atoms with E-state index in [0.717, 1.165) is 11.3 Å². The second-order valence-electron chi connectivity index (χ2n) is 2.40. The number of ether oxygens (including phenoxy) is 1. The van der Waals surface area contributed by atoms with Crippen LogP contribution in [0, 0.1) is 6.92 Å². The first-order chi connectivity index (χ1) is 5.77. The summed E-state index contributed by atoms with van der Waals surface area (Å²) in [7, 11) is 1.29. The zero-order valence-electron chi connectivity index (χ0n) is 7.20. The molecule has 0 unspecified atom stereocenters. The lowest BCUT2D eigenvalue weighted by molar-refractivity contribution is 0.406. The molecule has 12 heavy (non-hydrogen) atoms. The van der Waals surface area contributed by atoms with Gasteiger partial charge in [0, 0.05) is 6.07 Å². The molecule has 0 aliphatic rings. The standard InChI is InChI=1S/C8H11BO3/c1-6-3-4-7(12-9-10)5-8(6)11-2/h3-5,9-10H,1-2H3. The van der Waals surface area contributed by atoms with Crippen LogP contribution in [0.3, 0.4) is 0 Å². The summed E-state index contributed by atoms with van der Waals surface area (Å²) in [6, 6.07) is 5.41. The van der Waals surface area contributed by atoms with E-state index in [1.165, 1.54) is 0 Å². The summed E-state index contributed by atoms with van der Waals surface area (Å²) < 4.78 is 9.95. The van der Waals surface area contributed by atoms with Crippen molar-refractivity contribution in [3.63, 3.8) is 0 Å². The van der Waals surface area contributed by atoms with Crippen LogP contribution >= 0.6 is 0 Å². The molecule has 0 fully saturated rings. The Morgan fingerprint density at radius 1 is 1.42 bits per heavy atom. The lowest BCUT2D eigenvalue weighted by Gasteiger charge is -2.07. The normalized spacial score (nSPS) is 9.25. The zero-order valence-corrected chi connectivity index (χ0v) is 7.20. The van der Waals surface area contributed by atoms with E-state index in [1.54, 1.807) is 19.2 Å². The smallest absolute Gasteiger partial charge is 0.504 e. The molecule has 1 aromatic carbocycles. The maximum atomic E-state index is 8.49. The van der Waals surface area contributed by atoms with E-state index in [2.05, 4.69) is 0 Å². The molecule has 0 aliphatic carbocycles. The van der Waals surface area contributed by atoms with Crippen LogP contribution in [-0.4, -0.2) is 19.8 Å². The Balaban J connectivity index is 2.89. The highest BCUT2D eigenvalue weighted by molar-refractivity contribution is 6.17. The fourth-order valence-corrected chi connectivity index (χ4v) is 0.965. The maximum Gasteiger partial charge on any atom is 0.504 e. The van der Waals surface area contributed by atoms with Gasteiger partial charge in [-0.1, -0.05) is 6.07 Å². The SMILES string of the molecule is COc1cc(OBO)ccc1C. The van der Waals surface area contributed by atoms with Crippen LogP contribution in [0.2, 0.25) is 0 Å². The fourth-order valence-electron chi connectivity index (χ4n) is 0.965. The highest BCUT2D eigenvalue weighted by Crippen LogP contribution is 2.23. The molecule has 0 heterocycles. The molecule has 0 bridgehead atoms. The Kier molecular flexibility index (Phi) is 2.99. The van der Waals surface area contributed by atoms with Crippen molar-refractivity contribution in [3.05, 3.63) is 23.8 Å². The molecule has 64 valence electrons. The predicted octanol–water partition coefficient (Wildman–Crippen LogP) is 0.641. The highest BCUT2D eigenvalue weighted by atomic mass is 16.5. The molecule has 1 rings (SSSR count). The van der Waals surface area contributed by atoms with Crippen molar-refractivity contribution in [2.75, 3.05) is 7.11 Å². The molecule has 4 heteroatoms. The van der Waals surface area contributed by atoms with Crippen molar-refractivity contribution in [2.45, 2.75) is 6.92 Å². The average molecular weight is 166 g/mol. The molecule has 0 aliphatic heterocycles. The van der Waals surface area contributed by atoms with Crippen molar-refractivity contribution >= 4 is 7.69 Å². The van der Waals surface area contributed by atoms with E-state index < -0.39 is 0 Å². The molecule has 0 saturated heterocycles. The molecule has 0 amide bonds. The van der Waals surface area contributed by atoms with Gasteiger partial charge in [0.1, 0.15) is 11.5 Å². The van der Waals surface area contributed by atoms with Crippen LogP contribution in [0.1, 0.15) is 5.56 Å². The first-order valence-electron chi connectivity index (χ1n) is 3.66. The minimum absolute atomic E-state index is 0.313. The number of benzene rings is 1. The topological polar surface area (TPSA) is 38.7 Å². The number of hydrogen-bond acceptors (Lipinski definition) is 3. The van der Waals surface area contributed by atoms with Crippen LogP contribution in [0.25, 0.3) is 0 Å². The molecule has 0 spiro atoms. The first kappa shape index (κ1) is 8.94. The number of methoxy groups -OCH3 is 1. The van der Waals surface area contributed by atoms with E-state index in [1.807, 2.05) is 13.0 Å². The third kappa shape index (κ3) is 1.92. The molecular weight excluding hydrogens is 155 g/mol. The Labute approximate surface area is 72.2 Å². The van der Waals surface area contributed by atoms with Gasteiger partial charge in [-0.3, -0.25) is 0 Å². The quantitative estimate of drug-likeness (QED) is 0.669. The van der Waals surface area contributed by atoms with Crippen molar-refractivity contribution in [1.29, 1.82) is 0 Å². The average Bonchev–Trinajstić information content (AvgIpc) is 2.09. The second-order valence-corrected chi connectivity index (χ2v) is 2.40. The third-order valence-electron chi connectivity index (χ3n) is 1.61. The molecular formula is C8H11BO3. The van der Waals surface area contributed by atoms with Crippen LogP contribution < -0.4 is 9.39 Å². The maximum absolute atomic E-state index is 8.49. The van der Waals surface area contributed by atoms with Crippen LogP contribution in [-0.2, 0) is 0 Å². The lowest BCUT2D eigenvalue weighted by Crippen LogP contribution is -2.00. The minimum Gasteiger partial charge on any atom is -0.539 e. The summed E-state index contributed by atoms with van der Waals surface area (Å²) in [6.45, 7) is 1.95. The van der Waals surface area contributed by atoms with Gasteiger partial charge < -0.3 is 14.4 Å². The van der Waals surface area contributed by atoms with Crippen molar-refractivity contribution in [3.8, 4) is 11.5 Å². The highest BCUT2D eigenvalue weighted by Gasteiger charge is 2.00. The minimum atomic E-state index is -0.313. The van der Waals surface area contributed by atoms with Gasteiger partial charge >= 0.3 is 7.69 Å². The number of rotatable bonds is 3. The number of aryl methyl sites for hydroxylation is 1. The van der Waals surface area contributed by atoms with Gasteiger partial charge in [0.15, 0.2) is 0 Å². The Bertz CT molecular complexity index is 262. The summed E-state index contributed by atoms with van der Waals surface area (Å²) in [4.78, 5) is 0. The van der Waals surface area contributed by atoms with E-state index in [-0.39, 0.29) is 7.69 Å². The third-order valence-corrected chi connectivity index (χ3v) is 1.61. The lowest BCUT2D eigenvalue weighted by atomic mass is 10.2. The van der Waals surface area contributed by atoms with Crippen molar-refractivity contribution in [1.82, 2.24) is 0 Å². The Morgan fingerprint density at radius 3 is 2.75 bits per heavy atom. The van der Waals surface area contributed by atoms with E-state index in [0.29, 0.717) is 5.75 Å². The largest absolute Gasteiger partial charge is 0.539 e. The van der Waals surface area contributed by atoms with E-state index >= 15 is 0 Å². The van der Waals surface area contributed by atoms with Gasteiger partial charge in [-0.25, -0.2) is 0 Å². The summed E-state index contributed by atoms with van der Waals surface area (Å²) in [5, 5.41) is 8.49. The Morgan fingerprint density at radius 2 is 2.17 bits per heavy atom. The van der Waals surface area contributed by atoms with E-state index in [9.17, 15) is 0 Å². The van der Waals surface area contributed by atoms with Crippen molar-refractivity contribution in [2.24, 2.45) is 0 Å². The van der Waals surface area contributed by atoms with Gasteiger partial charge in [0.05, 0.1) is 7.11 Å². The molecule has 0 radical (unpaired) electrons. The van der Waals surface area contributed by atoms with Crippen LogP contribution in [0.4, 0.5) is 0 Å². The summed E-state index contributed by atoms with van der Waals surface area (Å²) >= 11 is 0. The second kappa shape index (κ2) is 4.02. The number of hydrogen-bond donors (Lipinski definition) is 1.